The van der Waals surface area contributed by atoms with Crippen LogP contribution in [0.25, 0.3) is 0 Å². The predicted octanol–water partition coefficient (Wildman–Crippen LogP) is 2.56. The molecule has 0 unspecified atom stereocenters. The highest BCUT2D eigenvalue weighted by molar-refractivity contribution is 5.86. The largest absolute Gasteiger partial charge is 0.444 e. The van der Waals surface area contributed by atoms with Gasteiger partial charge in [-0.05, 0) is 50.1 Å². The van der Waals surface area contributed by atoms with Crippen molar-refractivity contribution in [1.82, 2.24) is 15.6 Å². The number of hydrogen-bond acceptors (Lipinski definition) is 5. The van der Waals surface area contributed by atoms with Gasteiger partial charge in [0.1, 0.15) is 23.3 Å². The smallest absolute Gasteiger partial charge is 0.408 e. The molecule has 0 bridgehead atoms. The molecule has 0 aliphatic heterocycles. The lowest BCUT2D eigenvalue weighted by Crippen LogP contribution is -2.49. The number of amides is 2. The van der Waals surface area contributed by atoms with E-state index in [2.05, 4.69) is 15.6 Å². The molecule has 2 amide bonds. The molecule has 0 saturated heterocycles. The van der Waals surface area contributed by atoms with Crippen molar-refractivity contribution in [2.24, 2.45) is 0 Å². The molecule has 1 aromatic carbocycles. The van der Waals surface area contributed by atoms with Crippen LogP contribution in [-0.2, 0) is 22.5 Å². The Kier molecular flexibility index (Phi) is 6.92. The summed E-state index contributed by atoms with van der Waals surface area (Å²) in [6.07, 6.45) is 1.04. The van der Waals surface area contributed by atoms with E-state index in [1.165, 1.54) is 12.1 Å². The van der Waals surface area contributed by atoms with Crippen molar-refractivity contribution in [2.45, 2.75) is 45.4 Å². The Morgan fingerprint density at radius 2 is 1.79 bits per heavy atom. The summed E-state index contributed by atoms with van der Waals surface area (Å²) in [5.74, 6) is -0.386. The first-order valence-corrected chi connectivity index (χ1v) is 8.84. The zero-order valence-corrected chi connectivity index (χ0v) is 16.2. The third-order valence-corrected chi connectivity index (χ3v) is 3.67. The lowest BCUT2D eigenvalue weighted by Gasteiger charge is -2.23. The number of nitrogens with zero attached hydrogens (tertiary/aromatic N) is 1. The van der Waals surface area contributed by atoms with Gasteiger partial charge in [0.15, 0.2) is 0 Å². The molecule has 8 heteroatoms. The highest BCUT2D eigenvalue weighted by Gasteiger charge is 2.24. The van der Waals surface area contributed by atoms with Crippen LogP contribution >= 0.6 is 0 Å². The first kappa shape index (κ1) is 21.1. The number of hydrogen-bond donors (Lipinski definition) is 3. The predicted molar refractivity (Wildman–Crippen MR) is 104 cm³/mol. The number of benzene rings is 1. The van der Waals surface area contributed by atoms with Crippen LogP contribution in [-0.4, -0.2) is 28.6 Å². The van der Waals surface area contributed by atoms with Crippen molar-refractivity contribution < 1.29 is 18.7 Å². The minimum Gasteiger partial charge on any atom is -0.444 e. The molecule has 7 nitrogen and oxygen atoms in total. The van der Waals surface area contributed by atoms with E-state index in [9.17, 15) is 14.0 Å². The molecule has 0 spiro atoms. The Hall–Kier alpha value is -3.16. The number of pyridine rings is 1. The summed E-state index contributed by atoms with van der Waals surface area (Å²) in [6, 6.07) is 8.24. The second-order valence-electron chi connectivity index (χ2n) is 7.34. The van der Waals surface area contributed by atoms with Gasteiger partial charge >= 0.3 is 6.09 Å². The van der Waals surface area contributed by atoms with Crippen molar-refractivity contribution in [1.29, 1.82) is 0 Å². The van der Waals surface area contributed by atoms with Crippen molar-refractivity contribution in [3.63, 3.8) is 0 Å². The highest BCUT2D eigenvalue weighted by Crippen LogP contribution is 2.10. The average molecular weight is 388 g/mol. The van der Waals surface area contributed by atoms with Crippen molar-refractivity contribution >= 4 is 17.8 Å². The number of nitrogen functional groups attached to an aromatic ring is 1. The van der Waals surface area contributed by atoms with Crippen LogP contribution in [0.5, 0.6) is 0 Å². The minimum atomic E-state index is -0.887. The van der Waals surface area contributed by atoms with Gasteiger partial charge in [-0.3, -0.25) is 4.79 Å². The summed E-state index contributed by atoms with van der Waals surface area (Å²) in [5, 5.41) is 5.33. The molecule has 4 N–H and O–H groups in total. The summed E-state index contributed by atoms with van der Waals surface area (Å²) in [4.78, 5) is 28.8. The molecular formula is C20H25FN4O3. The highest BCUT2D eigenvalue weighted by atomic mass is 19.1. The zero-order valence-electron chi connectivity index (χ0n) is 16.2. The van der Waals surface area contributed by atoms with Crippen LogP contribution in [0.15, 0.2) is 42.6 Å². The Morgan fingerprint density at radius 3 is 2.36 bits per heavy atom. The zero-order chi connectivity index (χ0) is 20.7. The number of alkyl carbamates (subject to hydrolysis) is 1. The van der Waals surface area contributed by atoms with Crippen LogP contribution in [0.2, 0.25) is 0 Å². The fourth-order valence-corrected chi connectivity index (χ4v) is 2.37. The van der Waals surface area contributed by atoms with Crippen molar-refractivity contribution in [2.75, 3.05) is 5.73 Å². The fourth-order valence-electron chi connectivity index (χ4n) is 2.37. The van der Waals surface area contributed by atoms with Crippen LogP contribution < -0.4 is 16.4 Å². The molecule has 1 aromatic heterocycles. The first-order valence-electron chi connectivity index (χ1n) is 8.84. The SMILES string of the molecule is CC(C)(C)OC(=O)N[C@@H](Cc1ccc(F)cc1)C(=O)NCc1ccc(N)nc1. The molecule has 0 radical (unpaired) electrons. The summed E-state index contributed by atoms with van der Waals surface area (Å²) < 4.78 is 18.4. The Labute approximate surface area is 163 Å². The summed E-state index contributed by atoms with van der Waals surface area (Å²) >= 11 is 0. The molecular weight excluding hydrogens is 363 g/mol. The Morgan fingerprint density at radius 1 is 1.14 bits per heavy atom. The van der Waals surface area contributed by atoms with Crippen LogP contribution in [0.4, 0.5) is 15.0 Å². The van der Waals surface area contributed by atoms with Gasteiger partial charge in [0.05, 0.1) is 0 Å². The molecule has 0 aliphatic rings. The third-order valence-electron chi connectivity index (χ3n) is 3.67. The summed E-state index contributed by atoms with van der Waals surface area (Å²) in [5.41, 5.74) is 6.31. The molecule has 28 heavy (non-hydrogen) atoms. The Bertz CT molecular complexity index is 802. The molecule has 0 aliphatic carbocycles. The number of nitrogens with one attached hydrogen (secondary N) is 2. The quantitative estimate of drug-likeness (QED) is 0.705. The minimum absolute atomic E-state index is 0.186. The van der Waals surface area contributed by atoms with E-state index in [4.69, 9.17) is 10.5 Å². The van der Waals surface area contributed by atoms with E-state index in [-0.39, 0.29) is 18.8 Å². The number of ether oxygens (including phenoxy) is 1. The monoisotopic (exact) mass is 388 g/mol. The van der Waals surface area contributed by atoms with Crippen molar-refractivity contribution in [3.05, 3.63) is 59.5 Å². The van der Waals surface area contributed by atoms with E-state index >= 15 is 0 Å². The maximum absolute atomic E-state index is 13.1. The van der Waals surface area contributed by atoms with Gasteiger partial charge in [0, 0.05) is 19.2 Å². The molecule has 150 valence electrons. The van der Waals surface area contributed by atoms with E-state index < -0.39 is 23.6 Å². The van der Waals surface area contributed by atoms with E-state index in [0.717, 1.165) is 5.56 Å². The van der Waals surface area contributed by atoms with Crippen LogP contribution in [0.3, 0.4) is 0 Å². The Balaban J connectivity index is 2.06. The molecule has 1 atom stereocenters. The fraction of sp³-hybridized carbons (Fsp3) is 0.350. The van der Waals surface area contributed by atoms with Gasteiger partial charge in [-0.2, -0.15) is 0 Å². The number of rotatable bonds is 6. The summed E-state index contributed by atoms with van der Waals surface area (Å²) in [6.45, 7) is 5.42. The molecule has 2 rings (SSSR count). The summed E-state index contributed by atoms with van der Waals surface area (Å²) in [7, 11) is 0. The first-order chi connectivity index (χ1) is 13.1. The second-order valence-corrected chi connectivity index (χ2v) is 7.34. The van der Waals surface area contributed by atoms with Crippen LogP contribution in [0, 0.1) is 5.82 Å². The number of anilines is 1. The van der Waals surface area contributed by atoms with Gasteiger partial charge in [0.25, 0.3) is 0 Å². The van der Waals surface area contributed by atoms with Gasteiger partial charge in [-0.1, -0.05) is 18.2 Å². The average Bonchev–Trinajstić information content (AvgIpc) is 2.60. The number of carbonyl (C=O) groups is 2. The maximum Gasteiger partial charge on any atom is 0.408 e. The van der Waals surface area contributed by atoms with Gasteiger partial charge in [-0.25, -0.2) is 14.2 Å². The van der Waals surface area contributed by atoms with E-state index in [0.29, 0.717) is 11.4 Å². The number of aromatic nitrogens is 1. The van der Waals surface area contributed by atoms with Gasteiger partial charge in [0.2, 0.25) is 5.91 Å². The van der Waals surface area contributed by atoms with E-state index in [1.54, 1.807) is 51.2 Å². The normalized spacial score (nSPS) is 12.1. The topological polar surface area (TPSA) is 106 Å². The van der Waals surface area contributed by atoms with Gasteiger partial charge in [-0.15, -0.1) is 0 Å². The number of carbonyl (C=O) groups excluding carboxylic acids is 2. The molecule has 0 saturated carbocycles. The standard InChI is InChI=1S/C20H25FN4O3/c1-20(2,3)28-19(27)25-16(10-13-4-7-15(21)8-5-13)18(26)24-12-14-6-9-17(22)23-11-14/h4-9,11,16H,10,12H2,1-3H3,(H2,22,23)(H,24,26)(H,25,27)/t16-/m0/s1. The molecule has 0 fully saturated rings. The second kappa shape index (κ2) is 9.16. The number of halogens is 1. The maximum atomic E-state index is 13.1. The van der Waals surface area contributed by atoms with Crippen molar-refractivity contribution in [3.8, 4) is 0 Å². The number of nitrogens with two attached hydrogens (primary N) is 1. The lowest BCUT2D eigenvalue weighted by molar-refractivity contribution is -0.123. The van der Waals surface area contributed by atoms with Crippen LogP contribution in [0.1, 0.15) is 31.9 Å². The third kappa shape index (κ3) is 7.22. The lowest BCUT2D eigenvalue weighted by atomic mass is 10.1. The van der Waals surface area contributed by atoms with E-state index in [1.807, 2.05) is 0 Å². The molecule has 2 aromatic rings. The van der Waals surface area contributed by atoms with Gasteiger partial charge < -0.3 is 21.1 Å². The molecule has 1 heterocycles.